The van der Waals surface area contributed by atoms with E-state index < -0.39 is 79.6 Å². The van der Waals surface area contributed by atoms with Gasteiger partial charge in [0.2, 0.25) is 11.7 Å². The van der Waals surface area contributed by atoms with Crippen molar-refractivity contribution in [1.82, 2.24) is 19.7 Å². The van der Waals surface area contributed by atoms with Gasteiger partial charge in [0, 0.05) is 31.5 Å². The average molecular weight is 411 g/mol. The van der Waals surface area contributed by atoms with E-state index in [-0.39, 0.29) is 10.1 Å². The molecule has 0 saturated heterocycles. The first kappa shape index (κ1) is 15.3. The maximum atomic E-state index is 13.8. The summed E-state index contributed by atoms with van der Waals surface area (Å²) >= 11 is 0. The molecule has 1 aromatic heterocycles. The summed E-state index contributed by atoms with van der Waals surface area (Å²) in [7, 11) is 0. The van der Waals surface area contributed by atoms with E-state index in [0.717, 1.165) is 0 Å². The Kier molecular flexibility index (Phi) is 4.05. The van der Waals surface area contributed by atoms with E-state index >= 15 is 0 Å². The first-order chi connectivity index (χ1) is 14.6. The van der Waals surface area contributed by atoms with Crippen molar-refractivity contribution in [2.45, 2.75) is 38.1 Å². The number of amides is 1. The summed E-state index contributed by atoms with van der Waals surface area (Å²) in [6, 6.07) is -0.383. The average Bonchev–Trinajstić information content (AvgIpc) is 3.08. The molecule has 3 rings (SSSR count). The number of hydrogen-bond acceptors (Lipinski definition) is 4. The highest BCUT2D eigenvalue weighted by Crippen LogP contribution is 2.29. The predicted octanol–water partition coefficient (Wildman–Crippen LogP) is 2.02. The lowest BCUT2D eigenvalue weighted by Crippen LogP contribution is -2.42. The largest absolute Gasteiger partial charge is 0.451 e. The minimum Gasteiger partial charge on any atom is -0.333 e. The van der Waals surface area contributed by atoms with Crippen molar-refractivity contribution >= 4 is 5.91 Å². The second kappa shape index (κ2) is 7.41. The van der Waals surface area contributed by atoms with E-state index in [9.17, 15) is 31.1 Å². The van der Waals surface area contributed by atoms with Crippen LogP contribution in [-0.4, -0.2) is 38.1 Å². The topological polar surface area (TPSA) is 77.0 Å². The first-order valence-corrected chi connectivity index (χ1v) is 7.78. The molecule has 0 saturated carbocycles. The number of halogens is 6. The maximum Gasteiger partial charge on any atom is 0.451 e. The van der Waals surface area contributed by atoms with Gasteiger partial charge in [-0.1, -0.05) is 0 Å². The normalized spacial score (nSPS) is 21.2. The number of nitrogens with zero attached hydrogens (tertiary/aromatic N) is 4. The monoisotopic (exact) mass is 411 g/mol. The van der Waals surface area contributed by atoms with Crippen molar-refractivity contribution in [1.29, 1.82) is 0 Å². The van der Waals surface area contributed by atoms with Crippen molar-refractivity contribution in [2.75, 3.05) is 6.50 Å². The molecule has 1 amide bonds. The van der Waals surface area contributed by atoms with Gasteiger partial charge in [0.15, 0.2) is 17.5 Å². The number of fused-ring (bicyclic) bond motifs is 1. The molecule has 2 aromatic rings. The highest BCUT2D eigenvalue weighted by molar-refractivity contribution is 5.76. The van der Waals surface area contributed by atoms with Gasteiger partial charge < -0.3 is 15.2 Å². The maximum absolute atomic E-state index is 13.8. The molecule has 6 nitrogen and oxygen atoms in total. The number of alkyl halides is 3. The smallest absolute Gasteiger partial charge is 0.333 e. The number of nitrogens with two attached hydrogens (primary N) is 1. The van der Waals surface area contributed by atoms with Crippen LogP contribution < -0.4 is 5.73 Å². The summed E-state index contributed by atoms with van der Waals surface area (Å²) in [6.07, 6.45) is -6.28. The molecule has 1 aliphatic rings. The Balaban J connectivity index is 1.84. The van der Waals surface area contributed by atoms with E-state index in [2.05, 4.69) is 10.2 Å². The zero-order valence-corrected chi connectivity index (χ0v) is 13.9. The lowest BCUT2D eigenvalue weighted by molar-refractivity contribution is -0.148. The third-order valence-corrected chi connectivity index (χ3v) is 3.89. The van der Waals surface area contributed by atoms with E-state index in [1.54, 1.807) is 0 Å². The van der Waals surface area contributed by atoms with Crippen molar-refractivity contribution in [2.24, 2.45) is 5.73 Å². The van der Waals surface area contributed by atoms with Gasteiger partial charge in [0.25, 0.3) is 0 Å². The fourth-order valence-corrected chi connectivity index (χ4v) is 2.57. The van der Waals surface area contributed by atoms with Crippen LogP contribution in [0.15, 0.2) is 12.1 Å². The van der Waals surface area contributed by atoms with Crippen LogP contribution in [0, 0.1) is 17.5 Å². The molecule has 2 heterocycles. The Morgan fingerprint density at radius 2 is 1.86 bits per heavy atom. The van der Waals surface area contributed by atoms with Gasteiger partial charge >= 0.3 is 6.18 Å². The predicted molar refractivity (Wildman–Crippen MR) is 83.1 cm³/mol. The van der Waals surface area contributed by atoms with Crippen molar-refractivity contribution in [3.8, 4) is 0 Å². The highest BCUT2D eigenvalue weighted by Gasteiger charge is 2.39. The summed E-state index contributed by atoms with van der Waals surface area (Å²) in [5.41, 5.74) is 5.40. The highest BCUT2D eigenvalue weighted by atomic mass is 19.4. The second-order valence-corrected chi connectivity index (χ2v) is 6.00. The van der Waals surface area contributed by atoms with Crippen molar-refractivity contribution in [3.63, 3.8) is 0 Å². The number of carbonyl (C=O) groups excluding carboxylic acids is 1. The minimum atomic E-state index is -5.13. The SMILES string of the molecule is [2H]C1([2H])N(C(=O)C[C@@H](N)Cc2cc(F)c(F)cc2F)Cc2nnc(C(F)(F)F)n2C1([2H])[2H]. The quantitative estimate of drug-likeness (QED) is 0.617. The fraction of sp³-hybridized carbons (Fsp3) is 0.438. The lowest BCUT2D eigenvalue weighted by Gasteiger charge is -2.29. The Morgan fingerprint density at radius 3 is 2.54 bits per heavy atom. The standard InChI is InChI=1S/C16H15F6N5O/c17-10-6-12(19)11(18)4-8(10)3-9(23)5-14(28)26-1-2-27-13(7-26)24-25-15(27)16(20,21)22/h4,6,9H,1-3,5,7,23H2/t9-/m0/s1/i1D2,2D2. The van der Waals surface area contributed by atoms with Crippen LogP contribution in [0.5, 0.6) is 0 Å². The van der Waals surface area contributed by atoms with Crippen molar-refractivity contribution in [3.05, 3.63) is 46.8 Å². The molecule has 152 valence electrons. The van der Waals surface area contributed by atoms with E-state index in [1.807, 2.05) is 0 Å². The molecule has 12 heteroatoms. The van der Waals surface area contributed by atoms with Crippen LogP contribution in [0.25, 0.3) is 0 Å². The van der Waals surface area contributed by atoms with E-state index in [4.69, 9.17) is 11.2 Å². The molecule has 28 heavy (non-hydrogen) atoms. The van der Waals surface area contributed by atoms with Gasteiger partial charge in [0.05, 0.1) is 12.0 Å². The Morgan fingerprint density at radius 1 is 1.18 bits per heavy atom. The number of hydrogen-bond donors (Lipinski definition) is 1. The summed E-state index contributed by atoms with van der Waals surface area (Å²) in [4.78, 5) is 13.0. The number of rotatable bonds is 4. The number of aromatic nitrogens is 3. The van der Waals surface area contributed by atoms with Gasteiger partial charge in [-0.05, 0) is 18.1 Å². The molecule has 0 fully saturated rings. The number of carbonyl (C=O) groups is 1. The van der Waals surface area contributed by atoms with Crippen molar-refractivity contribution < 1.29 is 36.6 Å². The summed E-state index contributed by atoms with van der Waals surface area (Å²) in [5, 5.41) is 6.10. The van der Waals surface area contributed by atoms with Crippen LogP contribution >= 0.6 is 0 Å². The van der Waals surface area contributed by atoms with Gasteiger partial charge in [-0.15, -0.1) is 10.2 Å². The molecule has 1 aliphatic heterocycles. The summed E-state index contributed by atoms with van der Waals surface area (Å²) in [5.74, 6) is -7.42. The molecule has 1 atom stereocenters. The molecule has 2 N–H and O–H groups in total. The van der Waals surface area contributed by atoms with Crippen LogP contribution in [0.2, 0.25) is 0 Å². The first-order valence-electron chi connectivity index (χ1n) is 9.78. The molecule has 0 bridgehead atoms. The van der Waals surface area contributed by atoms with Gasteiger partial charge in [-0.2, -0.15) is 13.2 Å². The molecule has 0 aliphatic carbocycles. The lowest BCUT2D eigenvalue weighted by atomic mass is 10.0. The third-order valence-electron chi connectivity index (χ3n) is 3.89. The van der Waals surface area contributed by atoms with Crippen LogP contribution in [0.4, 0.5) is 26.3 Å². The third kappa shape index (κ3) is 4.11. The molecule has 0 spiro atoms. The fourth-order valence-electron chi connectivity index (χ4n) is 2.57. The van der Waals surface area contributed by atoms with Crippen LogP contribution in [0.3, 0.4) is 0 Å². The Hall–Kier alpha value is -2.63. The zero-order chi connectivity index (χ0) is 24.2. The minimum absolute atomic E-state index is 0.0482. The Labute approximate surface area is 160 Å². The molecular weight excluding hydrogens is 392 g/mol. The van der Waals surface area contributed by atoms with E-state index in [1.165, 1.54) is 0 Å². The van der Waals surface area contributed by atoms with Crippen LogP contribution in [-0.2, 0) is 30.4 Å². The molecule has 1 aromatic carbocycles. The zero-order valence-electron chi connectivity index (χ0n) is 17.9. The number of benzene rings is 1. The van der Waals surface area contributed by atoms with Gasteiger partial charge in [-0.25, -0.2) is 13.2 Å². The summed E-state index contributed by atoms with van der Waals surface area (Å²) < 4.78 is 111. The Bertz CT molecular complexity index is 1060. The summed E-state index contributed by atoms with van der Waals surface area (Å²) in [6.45, 7) is -7.52. The van der Waals surface area contributed by atoms with Crippen LogP contribution in [0.1, 0.15) is 29.1 Å². The van der Waals surface area contributed by atoms with Gasteiger partial charge in [-0.3, -0.25) is 4.79 Å². The second-order valence-electron chi connectivity index (χ2n) is 6.00. The molecule has 0 radical (unpaired) electrons. The van der Waals surface area contributed by atoms with Gasteiger partial charge in [0.1, 0.15) is 5.82 Å². The van der Waals surface area contributed by atoms with E-state index in [0.29, 0.717) is 17.0 Å². The molecular formula is C16H15F6N5O. The molecule has 0 unspecified atom stereocenters.